The van der Waals surface area contributed by atoms with Crippen molar-refractivity contribution in [2.24, 2.45) is 0 Å². The minimum atomic E-state index is -0.327. The largest absolute Gasteiger partial charge is 0.379 e. The van der Waals surface area contributed by atoms with Crippen LogP contribution in [0.5, 0.6) is 0 Å². The molecule has 1 aromatic carbocycles. The third-order valence-electron chi connectivity index (χ3n) is 3.89. The van der Waals surface area contributed by atoms with Gasteiger partial charge in [-0.15, -0.1) is 0 Å². The number of pyridine rings is 1. The Morgan fingerprint density at radius 2 is 2.14 bits per heavy atom. The Bertz CT molecular complexity index is 839. The lowest BCUT2D eigenvalue weighted by Crippen LogP contribution is -2.12. The van der Waals surface area contributed by atoms with Gasteiger partial charge < -0.3 is 4.74 Å². The molecule has 1 atom stereocenters. The van der Waals surface area contributed by atoms with Crippen molar-refractivity contribution >= 4 is 10.9 Å². The molecular weight excluding hydrogens is 283 g/mol. The molecule has 1 fully saturated rings. The molecule has 6 heteroatoms. The zero-order chi connectivity index (χ0) is 15.1. The highest BCUT2D eigenvalue weighted by Crippen LogP contribution is 2.26. The van der Waals surface area contributed by atoms with Crippen LogP contribution >= 0.6 is 0 Å². The number of hydrogen-bond acceptors (Lipinski definition) is 4. The lowest BCUT2D eigenvalue weighted by atomic mass is 10.2. The van der Waals surface area contributed by atoms with Gasteiger partial charge in [0.1, 0.15) is 22.9 Å². The van der Waals surface area contributed by atoms with Crippen LogP contribution < -0.4 is 0 Å². The SMILES string of the molecule is Cc1nc(-c2ccc3cccc(F)c3n2)n(C2CCOC2)n1. The lowest BCUT2D eigenvalue weighted by molar-refractivity contribution is 0.184. The summed E-state index contributed by atoms with van der Waals surface area (Å²) < 4.78 is 21.3. The Morgan fingerprint density at radius 1 is 1.23 bits per heavy atom. The first-order valence-corrected chi connectivity index (χ1v) is 7.29. The number of nitrogens with zero attached hydrogens (tertiary/aromatic N) is 4. The maximum absolute atomic E-state index is 14.0. The number of fused-ring (bicyclic) bond motifs is 1. The summed E-state index contributed by atoms with van der Waals surface area (Å²) in [5, 5.41) is 5.24. The Morgan fingerprint density at radius 3 is 2.95 bits per heavy atom. The molecule has 2 aromatic heterocycles. The molecule has 1 aliphatic rings. The molecule has 5 nitrogen and oxygen atoms in total. The molecule has 0 N–H and O–H groups in total. The zero-order valence-electron chi connectivity index (χ0n) is 12.2. The highest BCUT2D eigenvalue weighted by Gasteiger charge is 2.23. The van der Waals surface area contributed by atoms with Crippen molar-refractivity contribution in [3.8, 4) is 11.5 Å². The van der Waals surface area contributed by atoms with Gasteiger partial charge in [0.2, 0.25) is 0 Å². The summed E-state index contributed by atoms with van der Waals surface area (Å²) in [5.41, 5.74) is 0.986. The van der Waals surface area contributed by atoms with Crippen LogP contribution in [-0.4, -0.2) is 33.0 Å². The fourth-order valence-corrected chi connectivity index (χ4v) is 2.81. The molecule has 0 aliphatic carbocycles. The van der Waals surface area contributed by atoms with Gasteiger partial charge in [-0.3, -0.25) is 0 Å². The molecule has 0 saturated carbocycles. The Hall–Kier alpha value is -2.34. The second-order valence-electron chi connectivity index (χ2n) is 5.45. The summed E-state index contributed by atoms with van der Waals surface area (Å²) in [5.74, 6) is 1.02. The van der Waals surface area contributed by atoms with Gasteiger partial charge in [0, 0.05) is 12.0 Å². The van der Waals surface area contributed by atoms with Gasteiger partial charge in [-0.25, -0.2) is 19.0 Å². The van der Waals surface area contributed by atoms with E-state index in [0.717, 1.165) is 18.4 Å². The number of halogens is 1. The number of ether oxygens (including phenoxy) is 1. The Kier molecular flexibility index (Phi) is 3.11. The molecule has 3 heterocycles. The van der Waals surface area contributed by atoms with E-state index >= 15 is 0 Å². The number of rotatable bonds is 2. The standard InChI is InChI=1S/C16H15FN4O/c1-10-18-16(21(20-10)12-7-8-22-9-12)14-6-5-11-3-2-4-13(17)15(11)19-14/h2-6,12H,7-9H2,1H3. The predicted octanol–water partition coefficient (Wildman–Crippen LogP) is 2.90. The van der Waals surface area contributed by atoms with E-state index < -0.39 is 0 Å². The van der Waals surface area contributed by atoms with E-state index in [4.69, 9.17) is 4.74 Å². The van der Waals surface area contributed by atoms with Gasteiger partial charge in [-0.05, 0) is 25.5 Å². The van der Waals surface area contributed by atoms with Crippen LogP contribution in [0.25, 0.3) is 22.4 Å². The van der Waals surface area contributed by atoms with Crippen molar-refractivity contribution in [1.29, 1.82) is 0 Å². The van der Waals surface area contributed by atoms with Crippen molar-refractivity contribution in [1.82, 2.24) is 19.7 Å². The number of hydrogen-bond donors (Lipinski definition) is 0. The summed E-state index contributed by atoms with van der Waals surface area (Å²) in [7, 11) is 0. The summed E-state index contributed by atoms with van der Waals surface area (Å²) >= 11 is 0. The van der Waals surface area contributed by atoms with Crippen LogP contribution in [0.3, 0.4) is 0 Å². The van der Waals surface area contributed by atoms with Gasteiger partial charge in [0.25, 0.3) is 0 Å². The zero-order valence-corrected chi connectivity index (χ0v) is 12.2. The maximum Gasteiger partial charge on any atom is 0.177 e. The van der Waals surface area contributed by atoms with Crippen LogP contribution in [0.4, 0.5) is 4.39 Å². The topological polar surface area (TPSA) is 52.8 Å². The van der Waals surface area contributed by atoms with E-state index in [9.17, 15) is 4.39 Å². The normalized spacial score (nSPS) is 18.2. The molecular formula is C16H15FN4O. The van der Waals surface area contributed by atoms with E-state index in [1.165, 1.54) is 6.07 Å². The fourth-order valence-electron chi connectivity index (χ4n) is 2.81. The Balaban J connectivity index is 1.86. The van der Waals surface area contributed by atoms with Gasteiger partial charge >= 0.3 is 0 Å². The molecule has 0 amide bonds. The smallest absolute Gasteiger partial charge is 0.177 e. The second-order valence-corrected chi connectivity index (χ2v) is 5.45. The van der Waals surface area contributed by atoms with E-state index in [1.807, 2.05) is 29.8 Å². The van der Waals surface area contributed by atoms with Crippen molar-refractivity contribution in [3.63, 3.8) is 0 Å². The van der Waals surface area contributed by atoms with Crippen molar-refractivity contribution < 1.29 is 9.13 Å². The molecule has 0 radical (unpaired) electrons. The highest BCUT2D eigenvalue weighted by molar-refractivity contribution is 5.81. The third-order valence-corrected chi connectivity index (χ3v) is 3.89. The first-order chi connectivity index (χ1) is 10.7. The molecule has 1 aliphatic heterocycles. The minimum Gasteiger partial charge on any atom is -0.379 e. The molecule has 1 saturated heterocycles. The average Bonchev–Trinajstić information content (AvgIpc) is 3.16. The number of para-hydroxylation sites is 1. The number of aryl methyl sites for hydroxylation is 1. The van der Waals surface area contributed by atoms with Gasteiger partial charge in [-0.1, -0.05) is 18.2 Å². The van der Waals surface area contributed by atoms with Crippen LogP contribution in [-0.2, 0) is 4.74 Å². The lowest BCUT2D eigenvalue weighted by Gasteiger charge is -2.11. The second kappa shape index (κ2) is 5.14. The Labute approximate surface area is 126 Å². The average molecular weight is 298 g/mol. The van der Waals surface area contributed by atoms with Crippen LogP contribution in [0.2, 0.25) is 0 Å². The van der Waals surface area contributed by atoms with Crippen LogP contribution in [0.15, 0.2) is 30.3 Å². The van der Waals surface area contributed by atoms with E-state index in [0.29, 0.717) is 29.5 Å². The van der Waals surface area contributed by atoms with Gasteiger partial charge in [0.15, 0.2) is 5.82 Å². The van der Waals surface area contributed by atoms with Gasteiger partial charge in [-0.2, -0.15) is 5.10 Å². The first kappa shape index (κ1) is 13.3. The summed E-state index contributed by atoms with van der Waals surface area (Å²) in [6, 6.07) is 8.82. The minimum absolute atomic E-state index is 0.161. The quantitative estimate of drug-likeness (QED) is 0.730. The molecule has 3 aromatic rings. The van der Waals surface area contributed by atoms with Crippen molar-refractivity contribution in [3.05, 3.63) is 42.0 Å². The summed E-state index contributed by atoms with van der Waals surface area (Å²) in [6.45, 7) is 3.19. The van der Waals surface area contributed by atoms with Crippen molar-refractivity contribution in [2.45, 2.75) is 19.4 Å². The van der Waals surface area contributed by atoms with Gasteiger partial charge in [0.05, 0.1) is 12.6 Å². The van der Waals surface area contributed by atoms with E-state index in [1.54, 1.807) is 6.07 Å². The third kappa shape index (κ3) is 2.16. The molecule has 0 spiro atoms. The molecule has 0 bridgehead atoms. The fraction of sp³-hybridized carbons (Fsp3) is 0.312. The molecule has 112 valence electrons. The number of aromatic nitrogens is 4. The maximum atomic E-state index is 14.0. The van der Waals surface area contributed by atoms with E-state index in [2.05, 4.69) is 15.1 Å². The van der Waals surface area contributed by atoms with E-state index in [-0.39, 0.29) is 11.9 Å². The number of benzene rings is 1. The van der Waals surface area contributed by atoms with Crippen LogP contribution in [0, 0.1) is 12.7 Å². The molecule has 4 rings (SSSR count). The van der Waals surface area contributed by atoms with Crippen molar-refractivity contribution in [2.75, 3.05) is 13.2 Å². The van der Waals surface area contributed by atoms with Crippen LogP contribution in [0.1, 0.15) is 18.3 Å². The monoisotopic (exact) mass is 298 g/mol. The first-order valence-electron chi connectivity index (χ1n) is 7.29. The summed E-state index contributed by atoms with van der Waals surface area (Å²) in [6.07, 6.45) is 0.901. The summed E-state index contributed by atoms with van der Waals surface area (Å²) in [4.78, 5) is 8.92. The molecule has 22 heavy (non-hydrogen) atoms. The predicted molar refractivity (Wildman–Crippen MR) is 79.9 cm³/mol. The highest BCUT2D eigenvalue weighted by atomic mass is 19.1. The molecule has 1 unspecified atom stereocenters.